The number of amides is 1. The zero-order valence-corrected chi connectivity index (χ0v) is 19.0. The Labute approximate surface area is 187 Å². The third kappa shape index (κ3) is 8.10. The summed E-state index contributed by atoms with van der Waals surface area (Å²) in [5.41, 5.74) is -0.565. The number of benzene rings is 1. The van der Waals surface area contributed by atoms with Crippen LogP contribution in [0.15, 0.2) is 47.0 Å². The number of hydrogen-bond donors (Lipinski definition) is 1. The van der Waals surface area contributed by atoms with Gasteiger partial charge in [0.2, 0.25) is 5.91 Å². The molecule has 1 amide bonds. The van der Waals surface area contributed by atoms with E-state index in [0.29, 0.717) is 12.8 Å². The van der Waals surface area contributed by atoms with Gasteiger partial charge >= 0.3 is 0 Å². The van der Waals surface area contributed by atoms with Crippen LogP contribution in [0, 0.1) is 17.0 Å². The summed E-state index contributed by atoms with van der Waals surface area (Å²) in [6.07, 6.45) is 6.35. The first-order valence-corrected chi connectivity index (χ1v) is 11.1. The van der Waals surface area contributed by atoms with Gasteiger partial charge in [-0.25, -0.2) is 13.1 Å². The Balaban J connectivity index is 1.72. The fraction of sp³-hybridized carbons (Fsp3) is 0.478. The normalized spacial score (nSPS) is 16.1. The van der Waals surface area contributed by atoms with Crippen molar-refractivity contribution in [2.24, 2.45) is 10.4 Å². The van der Waals surface area contributed by atoms with Crippen molar-refractivity contribution < 1.29 is 18.3 Å². The molecular formula is C23H31F2N3O2S. The molecule has 2 rings (SSSR count). The van der Waals surface area contributed by atoms with E-state index in [0.717, 1.165) is 43.0 Å². The van der Waals surface area contributed by atoms with Crippen molar-refractivity contribution in [3.05, 3.63) is 53.6 Å². The van der Waals surface area contributed by atoms with Gasteiger partial charge in [-0.1, -0.05) is 26.5 Å². The predicted octanol–water partition coefficient (Wildman–Crippen LogP) is 5.11. The molecule has 0 aromatic heterocycles. The molecule has 1 N–H and O–H groups in total. The van der Waals surface area contributed by atoms with Gasteiger partial charge in [-0.3, -0.25) is 9.79 Å². The molecule has 1 aromatic rings. The maximum absolute atomic E-state index is 13.6. The molecule has 0 spiro atoms. The van der Waals surface area contributed by atoms with E-state index in [4.69, 9.17) is 4.74 Å². The Morgan fingerprint density at radius 3 is 2.71 bits per heavy atom. The summed E-state index contributed by atoms with van der Waals surface area (Å²) in [5, 5.41) is 3.17. The van der Waals surface area contributed by atoms with Crippen LogP contribution >= 0.6 is 11.9 Å². The van der Waals surface area contributed by atoms with Gasteiger partial charge in [0.15, 0.2) is 11.6 Å². The second-order valence-electron chi connectivity index (χ2n) is 8.10. The van der Waals surface area contributed by atoms with E-state index in [-0.39, 0.29) is 24.3 Å². The highest BCUT2D eigenvalue weighted by molar-refractivity contribution is 8.01. The van der Waals surface area contributed by atoms with Gasteiger partial charge in [-0.2, -0.15) is 0 Å². The number of nitrogens with one attached hydrogen (secondary N) is 1. The van der Waals surface area contributed by atoms with Crippen molar-refractivity contribution >= 4 is 24.6 Å². The summed E-state index contributed by atoms with van der Waals surface area (Å²) < 4.78 is 34.2. The zero-order valence-electron chi connectivity index (χ0n) is 18.2. The molecule has 31 heavy (non-hydrogen) atoms. The standard InChI is InChI=1S/C23H31F2N3O2S/c1-5-19(16-26-4)31-28-12-9-18(10-13-28)27-22(29)23(2,3)11-6-14-30-21-8-7-17(24)15-20(21)25/h5,7-8,15-16,18H,1,4,6,9-14H2,2-3H3,(H,27,29)/b19-16+. The average Bonchev–Trinajstić information content (AvgIpc) is 2.73. The smallest absolute Gasteiger partial charge is 0.225 e. The lowest BCUT2D eigenvalue weighted by Crippen LogP contribution is -2.47. The molecule has 1 aromatic carbocycles. The van der Waals surface area contributed by atoms with E-state index in [2.05, 4.69) is 27.9 Å². The topological polar surface area (TPSA) is 53.9 Å². The fourth-order valence-corrected chi connectivity index (χ4v) is 4.11. The first-order chi connectivity index (χ1) is 14.7. The number of hydrogen-bond acceptors (Lipinski definition) is 5. The maximum Gasteiger partial charge on any atom is 0.225 e. The minimum atomic E-state index is -0.724. The lowest BCUT2D eigenvalue weighted by molar-refractivity contribution is -0.130. The number of carbonyl (C=O) groups excluding carboxylic acids is 1. The van der Waals surface area contributed by atoms with Crippen molar-refractivity contribution in [3.8, 4) is 5.75 Å². The highest BCUT2D eigenvalue weighted by atomic mass is 32.2. The molecule has 1 saturated heterocycles. The van der Waals surface area contributed by atoms with Crippen molar-refractivity contribution in [3.63, 3.8) is 0 Å². The van der Waals surface area contributed by atoms with Crippen LogP contribution < -0.4 is 10.1 Å². The van der Waals surface area contributed by atoms with Crippen molar-refractivity contribution in [2.75, 3.05) is 19.7 Å². The maximum atomic E-state index is 13.6. The number of halogens is 2. The lowest BCUT2D eigenvalue weighted by atomic mass is 9.86. The fourth-order valence-electron chi connectivity index (χ4n) is 3.23. The molecule has 1 fully saturated rings. The number of aliphatic imine (C=N–C) groups is 1. The van der Waals surface area contributed by atoms with E-state index in [1.54, 1.807) is 24.2 Å². The molecule has 0 saturated carbocycles. The van der Waals surface area contributed by atoms with E-state index < -0.39 is 17.0 Å². The molecule has 0 aliphatic carbocycles. The Morgan fingerprint density at radius 2 is 2.10 bits per heavy atom. The van der Waals surface area contributed by atoms with Gasteiger partial charge < -0.3 is 10.1 Å². The minimum absolute atomic E-state index is 0.00843. The Bertz CT molecular complexity index is 806. The molecule has 0 unspecified atom stereocenters. The van der Waals surface area contributed by atoms with Crippen LogP contribution in [0.2, 0.25) is 0 Å². The Kier molecular flexibility index (Phi) is 9.71. The molecule has 1 heterocycles. The molecule has 170 valence electrons. The van der Waals surface area contributed by atoms with Crippen LogP contribution in [-0.4, -0.2) is 42.7 Å². The van der Waals surface area contributed by atoms with Crippen LogP contribution in [0.5, 0.6) is 5.75 Å². The molecule has 0 atom stereocenters. The summed E-state index contributed by atoms with van der Waals surface area (Å²) in [6.45, 7) is 13.0. The molecule has 0 bridgehead atoms. The van der Waals surface area contributed by atoms with Gasteiger partial charge in [0, 0.05) is 41.7 Å². The number of nitrogens with zero attached hydrogens (tertiary/aromatic N) is 2. The summed E-state index contributed by atoms with van der Waals surface area (Å²) in [7, 11) is 0. The van der Waals surface area contributed by atoms with E-state index in [1.165, 1.54) is 6.07 Å². The van der Waals surface area contributed by atoms with E-state index in [1.807, 2.05) is 13.8 Å². The molecule has 1 aliphatic rings. The minimum Gasteiger partial charge on any atom is -0.491 e. The largest absolute Gasteiger partial charge is 0.491 e. The van der Waals surface area contributed by atoms with Crippen LogP contribution in [0.1, 0.15) is 39.5 Å². The lowest BCUT2D eigenvalue weighted by Gasteiger charge is -2.33. The van der Waals surface area contributed by atoms with E-state index >= 15 is 0 Å². The van der Waals surface area contributed by atoms with Crippen LogP contribution in [-0.2, 0) is 4.79 Å². The Hall–Kier alpha value is -2.19. The third-order valence-corrected chi connectivity index (χ3v) is 6.26. The van der Waals surface area contributed by atoms with Crippen molar-refractivity contribution in [1.29, 1.82) is 0 Å². The Morgan fingerprint density at radius 1 is 1.39 bits per heavy atom. The first kappa shape index (κ1) is 25.1. The molecule has 8 heteroatoms. The van der Waals surface area contributed by atoms with Gasteiger partial charge in [-0.05, 0) is 56.5 Å². The van der Waals surface area contributed by atoms with Crippen LogP contribution in [0.3, 0.4) is 0 Å². The van der Waals surface area contributed by atoms with Crippen LogP contribution in [0.25, 0.3) is 0 Å². The summed E-state index contributed by atoms with van der Waals surface area (Å²) in [4.78, 5) is 17.5. The summed E-state index contributed by atoms with van der Waals surface area (Å²) in [6, 6.07) is 3.36. The van der Waals surface area contributed by atoms with Gasteiger partial charge in [0.05, 0.1) is 6.61 Å². The molecule has 5 nitrogen and oxygen atoms in total. The highest BCUT2D eigenvalue weighted by Crippen LogP contribution is 2.28. The second kappa shape index (κ2) is 12.0. The molecule has 1 aliphatic heterocycles. The van der Waals surface area contributed by atoms with Gasteiger partial charge in [-0.15, -0.1) is 0 Å². The monoisotopic (exact) mass is 451 g/mol. The highest BCUT2D eigenvalue weighted by Gasteiger charge is 2.30. The number of ether oxygens (including phenoxy) is 1. The number of rotatable bonds is 11. The van der Waals surface area contributed by atoms with Crippen LogP contribution in [0.4, 0.5) is 8.78 Å². The average molecular weight is 452 g/mol. The number of carbonyl (C=O) groups is 1. The van der Waals surface area contributed by atoms with Gasteiger partial charge in [0.25, 0.3) is 0 Å². The van der Waals surface area contributed by atoms with Crippen molar-refractivity contribution in [1.82, 2.24) is 9.62 Å². The second-order valence-corrected chi connectivity index (χ2v) is 9.27. The molecular weight excluding hydrogens is 420 g/mol. The summed E-state index contributed by atoms with van der Waals surface area (Å²) >= 11 is 1.60. The SMILES string of the molecule is C=C/C(=C\N=C)SN1CCC(NC(=O)C(C)(C)CCCOc2ccc(F)cc2F)CC1. The molecule has 0 radical (unpaired) electrons. The van der Waals surface area contributed by atoms with Crippen molar-refractivity contribution in [2.45, 2.75) is 45.6 Å². The number of allylic oxidation sites excluding steroid dienone is 1. The predicted molar refractivity (Wildman–Crippen MR) is 123 cm³/mol. The van der Waals surface area contributed by atoms with Gasteiger partial charge in [0.1, 0.15) is 5.82 Å². The quantitative estimate of drug-likeness (QED) is 0.220. The first-order valence-electron chi connectivity index (χ1n) is 10.4. The summed E-state index contributed by atoms with van der Waals surface area (Å²) in [5.74, 6) is -1.34. The number of piperidine rings is 1. The zero-order chi connectivity index (χ0) is 22.9. The van der Waals surface area contributed by atoms with E-state index in [9.17, 15) is 13.6 Å². The third-order valence-electron chi connectivity index (χ3n) is 5.16.